The Morgan fingerprint density at radius 1 is 1.26 bits per heavy atom. The molecule has 1 aliphatic carbocycles. The first kappa shape index (κ1) is 19.2. The largest absolute Gasteiger partial charge is 0.382 e. The van der Waals surface area contributed by atoms with E-state index >= 15 is 0 Å². The molecule has 0 aliphatic heterocycles. The number of carbonyl (C=O) groups is 1. The molecule has 1 heterocycles. The van der Waals surface area contributed by atoms with Crippen LogP contribution in [0.1, 0.15) is 42.6 Å². The topological polar surface area (TPSA) is 143 Å². The molecule has 1 aliphatic rings. The fourth-order valence-electron chi connectivity index (χ4n) is 2.53. The highest BCUT2D eigenvalue weighted by Gasteiger charge is 2.18. The molecule has 10 heteroatoms. The highest BCUT2D eigenvalue weighted by molar-refractivity contribution is 6.31. The predicted octanol–water partition coefficient (Wildman–Crippen LogP) is 1.55. The second kappa shape index (κ2) is 8.73. The van der Waals surface area contributed by atoms with Gasteiger partial charge in [-0.15, -0.1) is 12.4 Å². The molecule has 1 aromatic heterocycles. The number of nitrogen functional groups attached to an aromatic ring is 2. The van der Waals surface area contributed by atoms with Crippen LogP contribution in [0.25, 0.3) is 0 Å². The van der Waals surface area contributed by atoms with Crippen molar-refractivity contribution in [2.45, 2.75) is 32.1 Å². The molecule has 0 bridgehead atoms. The van der Waals surface area contributed by atoms with Crippen molar-refractivity contribution in [2.24, 2.45) is 5.92 Å². The molecule has 0 atom stereocenters. The molecule has 128 valence electrons. The van der Waals surface area contributed by atoms with Gasteiger partial charge in [0.05, 0.1) is 0 Å². The molecule has 1 amide bonds. The molecular formula is C13H21Cl2N7O. The summed E-state index contributed by atoms with van der Waals surface area (Å²) in [5, 5.41) is 12.8. The Morgan fingerprint density at radius 2 is 1.91 bits per heavy atom. The maximum Gasteiger partial charge on any atom is 0.280 e. The van der Waals surface area contributed by atoms with Crippen molar-refractivity contribution in [3.63, 3.8) is 0 Å². The zero-order valence-corrected chi connectivity index (χ0v) is 14.1. The molecule has 2 rings (SSSR count). The number of guanidine groups is 1. The monoisotopic (exact) mass is 361 g/mol. The van der Waals surface area contributed by atoms with Gasteiger partial charge in [0.15, 0.2) is 28.4 Å². The van der Waals surface area contributed by atoms with E-state index in [-0.39, 0.29) is 40.8 Å². The first-order valence-corrected chi connectivity index (χ1v) is 7.57. The normalized spacial score (nSPS) is 14.1. The highest BCUT2D eigenvalue weighted by Crippen LogP contribution is 2.26. The van der Waals surface area contributed by atoms with E-state index in [9.17, 15) is 4.79 Å². The molecule has 0 spiro atoms. The molecule has 7 N–H and O–H groups in total. The Hall–Kier alpha value is -1.80. The van der Waals surface area contributed by atoms with Crippen LogP contribution in [0.3, 0.4) is 0 Å². The van der Waals surface area contributed by atoms with Gasteiger partial charge in [0.1, 0.15) is 0 Å². The summed E-state index contributed by atoms with van der Waals surface area (Å²) >= 11 is 5.72. The van der Waals surface area contributed by atoms with Crippen LogP contribution in [-0.2, 0) is 0 Å². The van der Waals surface area contributed by atoms with Crippen LogP contribution >= 0.6 is 24.0 Å². The number of hydrogen-bond acceptors (Lipinski definition) is 6. The Balaban J connectivity index is 0.00000264. The van der Waals surface area contributed by atoms with Crippen molar-refractivity contribution in [1.29, 1.82) is 5.41 Å². The van der Waals surface area contributed by atoms with Crippen LogP contribution in [0.5, 0.6) is 0 Å². The Bertz CT molecular complexity index is 576. The summed E-state index contributed by atoms with van der Waals surface area (Å²) in [6, 6.07) is 0. The highest BCUT2D eigenvalue weighted by atomic mass is 35.5. The predicted molar refractivity (Wildman–Crippen MR) is 92.9 cm³/mol. The maximum atomic E-state index is 12.0. The standard InChI is InChI=1S/C13H20ClN7O.ClH/c14-9-11(16)20-10(15)8(19-9)12(22)21-13(17)18-6-5-7-3-1-2-4-7;/h7H,1-6H2,(H4,15,16,20)(H3,17,18,21,22);1H. The summed E-state index contributed by atoms with van der Waals surface area (Å²) in [5.74, 6) is -0.200. The van der Waals surface area contributed by atoms with Gasteiger partial charge in [-0.2, -0.15) is 0 Å². The average molecular weight is 362 g/mol. The summed E-state index contributed by atoms with van der Waals surface area (Å²) in [5.41, 5.74) is 10.9. The molecule has 0 aromatic carbocycles. The van der Waals surface area contributed by atoms with Crippen LogP contribution in [0.4, 0.5) is 11.6 Å². The molecule has 1 fully saturated rings. The first-order valence-electron chi connectivity index (χ1n) is 7.19. The van der Waals surface area contributed by atoms with Crippen molar-refractivity contribution in [3.8, 4) is 0 Å². The maximum absolute atomic E-state index is 12.0. The molecular weight excluding hydrogens is 341 g/mol. The lowest BCUT2D eigenvalue weighted by atomic mass is 10.0. The Labute approximate surface area is 145 Å². The first-order chi connectivity index (χ1) is 10.5. The van der Waals surface area contributed by atoms with E-state index in [0.717, 1.165) is 6.42 Å². The molecule has 0 unspecified atom stereocenters. The number of nitrogens with one attached hydrogen (secondary N) is 3. The number of rotatable bonds is 4. The van der Waals surface area contributed by atoms with E-state index in [1.807, 2.05) is 0 Å². The summed E-state index contributed by atoms with van der Waals surface area (Å²) in [6.07, 6.45) is 6.06. The third-order valence-corrected chi connectivity index (χ3v) is 3.97. The van der Waals surface area contributed by atoms with Crippen LogP contribution in [0, 0.1) is 11.3 Å². The van der Waals surface area contributed by atoms with Gasteiger partial charge in [0, 0.05) is 6.54 Å². The minimum atomic E-state index is -0.648. The van der Waals surface area contributed by atoms with Crippen LogP contribution in [-0.4, -0.2) is 28.4 Å². The van der Waals surface area contributed by atoms with Gasteiger partial charge in [-0.1, -0.05) is 37.3 Å². The molecule has 0 saturated heterocycles. The Morgan fingerprint density at radius 3 is 2.57 bits per heavy atom. The molecule has 1 saturated carbocycles. The zero-order valence-electron chi connectivity index (χ0n) is 12.6. The fraction of sp³-hybridized carbons (Fsp3) is 0.538. The second-order valence-electron chi connectivity index (χ2n) is 5.33. The molecule has 8 nitrogen and oxygen atoms in total. The third-order valence-electron chi connectivity index (χ3n) is 3.69. The Kier molecular flexibility index (Phi) is 7.31. The van der Waals surface area contributed by atoms with Crippen LogP contribution < -0.4 is 22.1 Å². The van der Waals surface area contributed by atoms with E-state index in [2.05, 4.69) is 20.6 Å². The second-order valence-corrected chi connectivity index (χ2v) is 5.69. The number of nitrogens with two attached hydrogens (primary N) is 2. The summed E-state index contributed by atoms with van der Waals surface area (Å²) in [7, 11) is 0. The van der Waals surface area contributed by atoms with Gasteiger partial charge in [-0.05, 0) is 12.3 Å². The SMILES string of the molecule is Cl.N=C(NCCC1CCCC1)NC(=O)c1nc(Cl)c(N)nc1N. The van der Waals surface area contributed by atoms with E-state index in [4.69, 9.17) is 28.5 Å². The van der Waals surface area contributed by atoms with Gasteiger partial charge < -0.3 is 16.8 Å². The van der Waals surface area contributed by atoms with Gasteiger partial charge in [0.2, 0.25) is 0 Å². The number of amides is 1. The minimum absolute atomic E-state index is 0. The number of hydrogen-bond donors (Lipinski definition) is 5. The van der Waals surface area contributed by atoms with Gasteiger partial charge in [-0.25, -0.2) is 9.97 Å². The molecule has 0 radical (unpaired) electrons. The van der Waals surface area contributed by atoms with Gasteiger partial charge in [0.25, 0.3) is 5.91 Å². The number of nitrogens with zero attached hydrogens (tertiary/aromatic N) is 2. The van der Waals surface area contributed by atoms with Gasteiger partial charge >= 0.3 is 0 Å². The van der Waals surface area contributed by atoms with E-state index in [1.165, 1.54) is 25.7 Å². The zero-order chi connectivity index (χ0) is 16.1. The summed E-state index contributed by atoms with van der Waals surface area (Å²) < 4.78 is 0. The van der Waals surface area contributed by atoms with E-state index < -0.39 is 5.91 Å². The number of aromatic nitrogens is 2. The van der Waals surface area contributed by atoms with E-state index in [1.54, 1.807) is 0 Å². The van der Waals surface area contributed by atoms with Crippen molar-refractivity contribution < 1.29 is 4.79 Å². The third kappa shape index (κ3) is 5.40. The van der Waals surface area contributed by atoms with Crippen molar-refractivity contribution in [3.05, 3.63) is 10.8 Å². The summed E-state index contributed by atoms with van der Waals surface area (Å²) in [4.78, 5) is 19.5. The fourth-order valence-corrected chi connectivity index (χ4v) is 2.65. The lowest BCUT2D eigenvalue weighted by Gasteiger charge is -2.12. The quantitative estimate of drug-likeness (QED) is 0.406. The van der Waals surface area contributed by atoms with Crippen LogP contribution in [0.15, 0.2) is 0 Å². The number of halogens is 2. The lowest BCUT2D eigenvalue weighted by Crippen LogP contribution is -2.41. The number of carbonyl (C=O) groups excluding carboxylic acids is 1. The van der Waals surface area contributed by atoms with Crippen molar-refractivity contribution in [1.82, 2.24) is 20.6 Å². The smallest absolute Gasteiger partial charge is 0.280 e. The molecule has 1 aromatic rings. The average Bonchev–Trinajstić information content (AvgIpc) is 2.96. The van der Waals surface area contributed by atoms with Crippen molar-refractivity contribution in [2.75, 3.05) is 18.0 Å². The number of anilines is 2. The molecule has 23 heavy (non-hydrogen) atoms. The van der Waals surface area contributed by atoms with E-state index in [0.29, 0.717) is 12.5 Å². The van der Waals surface area contributed by atoms with Crippen LogP contribution in [0.2, 0.25) is 5.15 Å². The lowest BCUT2D eigenvalue weighted by molar-refractivity contribution is 0.0971. The van der Waals surface area contributed by atoms with Gasteiger partial charge in [-0.3, -0.25) is 15.5 Å². The summed E-state index contributed by atoms with van der Waals surface area (Å²) in [6.45, 7) is 0.646. The minimum Gasteiger partial charge on any atom is -0.382 e. The van der Waals surface area contributed by atoms with Crippen molar-refractivity contribution >= 4 is 47.5 Å².